The molecule has 1 saturated heterocycles. The quantitative estimate of drug-likeness (QED) is 0.810. The summed E-state index contributed by atoms with van der Waals surface area (Å²) in [4.78, 5) is 2.53. The number of hydrogen-bond donors (Lipinski definition) is 0. The lowest BCUT2D eigenvalue weighted by Gasteiger charge is -2.38. The first-order valence-electron chi connectivity index (χ1n) is 7.22. The lowest BCUT2D eigenvalue weighted by molar-refractivity contribution is 0.00765. The molecule has 0 aromatic heterocycles. The van der Waals surface area contributed by atoms with Crippen LogP contribution in [0.3, 0.4) is 0 Å². The van der Waals surface area contributed by atoms with Gasteiger partial charge in [-0.3, -0.25) is 4.90 Å². The Morgan fingerprint density at radius 2 is 2.05 bits per heavy atom. The van der Waals surface area contributed by atoms with E-state index >= 15 is 0 Å². The minimum absolute atomic E-state index is 0.160. The number of nitrogens with zero attached hydrogens (tertiary/aromatic N) is 1. The molecule has 0 spiro atoms. The zero-order valence-corrected chi connectivity index (χ0v) is 11.9. The Bertz CT molecular complexity index is 379. The van der Waals surface area contributed by atoms with Gasteiger partial charge in [-0.2, -0.15) is 0 Å². The summed E-state index contributed by atoms with van der Waals surface area (Å²) >= 11 is 0. The topological polar surface area (TPSA) is 12.5 Å². The molecule has 0 radical (unpaired) electrons. The van der Waals surface area contributed by atoms with Crippen LogP contribution in [0.2, 0.25) is 0 Å². The molecule has 0 aliphatic carbocycles. The molecule has 1 aromatic rings. The highest BCUT2D eigenvalue weighted by atomic mass is 19.1. The molecule has 3 heteroatoms. The van der Waals surface area contributed by atoms with E-state index in [0.29, 0.717) is 6.04 Å². The molecule has 1 heterocycles. The summed E-state index contributed by atoms with van der Waals surface area (Å²) in [6, 6.07) is 7.38. The molecule has 1 aromatic carbocycles. The van der Waals surface area contributed by atoms with E-state index in [2.05, 4.69) is 11.8 Å². The predicted molar refractivity (Wildman–Crippen MR) is 75.8 cm³/mol. The van der Waals surface area contributed by atoms with Gasteiger partial charge < -0.3 is 4.74 Å². The predicted octanol–water partition coefficient (Wildman–Crippen LogP) is 3.26. The highest BCUT2D eigenvalue weighted by Crippen LogP contribution is 2.21. The van der Waals surface area contributed by atoms with Crippen molar-refractivity contribution in [1.29, 1.82) is 0 Å². The molecule has 1 aliphatic rings. The van der Waals surface area contributed by atoms with Gasteiger partial charge in [0.05, 0.1) is 6.10 Å². The first-order chi connectivity index (χ1) is 9.20. The lowest BCUT2D eigenvalue weighted by Crippen LogP contribution is -2.47. The van der Waals surface area contributed by atoms with Crippen molar-refractivity contribution in [2.45, 2.75) is 44.8 Å². The van der Waals surface area contributed by atoms with Crippen molar-refractivity contribution in [3.8, 4) is 0 Å². The maximum Gasteiger partial charge on any atom is 0.123 e. The minimum atomic E-state index is -0.160. The average Bonchev–Trinajstić information content (AvgIpc) is 2.46. The van der Waals surface area contributed by atoms with E-state index < -0.39 is 0 Å². The molecule has 0 bridgehead atoms. The number of benzene rings is 1. The molecule has 106 valence electrons. The van der Waals surface area contributed by atoms with Crippen molar-refractivity contribution in [2.24, 2.45) is 0 Å². The van der Waals surface area contributed by atoms with Crippen molar-refractivity contribution in [3.63, 3.8) is 0 Å². The van der Waals surface area contributed by atoms with Gasteiger partial charge in [-0.05, 0) is 50.4 Å². The number of rotatable bonds is 5. The van der Waals surface area contributed by atoms with E-state index in [1.54, 1.807) is 19.2 Å². The van der Waals surface area contributed by atoms with E-state index in [-0.39, 0.29) is 11.9 Å². The summed E-state index contributed by atoms with van der Waals surface area (Å²) in [6.45, 7) is 4.34. The van der Waals surface area contributed by atoms with Crippen LogP contribution in [0.5, 0.6) is 0 Å². The second-order valence-corrected chi connectivity index (χ2v) is 5.42. The van der Waals surface area contributed by atoms with Crippen LogP contribution in [0, 0.1) is 5.82 Å². The van der Waals surface area contributed by atoms with E-state index in [1.165, 1.54) is 24.8 Å². The fraction of sp³-hybridized carbons (Fsp3) is 0.625. The Balaban J connectivity index is 1.90. The van der Waals surface area contributed by atoms with Crippen molar-refractivity contribution < 1.29 is 9.13 Å². The number of halogens is 1. The summed E-state index contributed by atoms with van der Waals surface area (Å²) < 4.78 is 18.4. The molecule has 0 saturated carbocycles. The van der Waals surface area contributed by atoms with E-state index in [9.17, 15) is 4.39 Å². The van der Waals surface area contributed by atoms with Crippen LogP contribution in [0.1, 0.15) is 31.7 Å². The minimum Gasteiger partial charge on any atom is -0.380 e. The Morgan fingerprint density at radius 1 is 1.32 bits per heavy atom. The van der Waals surface area contributed by atoms with E-state index in [4.69, 9.17) is 4.74 Å². The van der Waals surface area contributed by atoms with Gasteiger partial charge in [-0.1, -0.05) is 18.6 Å². The highest BCUT2D eigenvalue weighted by Gasteiger charge is 2.26. The van der Waals surface area contributed by atoms with Crippen molar-refractivity contribution in [3.05, 3.63) is 35.6 Å². The first kappa shape index (κ1) is 14.5. The number of likely N-dealkylation sites (tertiary alicyclic amines) is 1. The maximum atomic E-state index is 12.9. The van der Waals surface area contributed by atoms with Crippen LogP contribution in [0.15, 0.2) is 24.3 Å². The number of piperidine rings is 1. The molecular weight excluding hydrogens is 241 g/mol. The number of ether oxygens (including phenoxy) is 1. The first-order valence-corrected chi connectivity index (χ1v) is 7.22. The summed E-state index contributed by atoms with van der Waals surface area (Å²) in [6.07, 6.45) is 5.06. The van der Waals surface area contributed by atoms with Gasteiger partial charge in [0.15, 0.2) is 0 Å². The van der Waals surface area contributed by atoms with Gasteiger partial charge in [0.25, 0.3) is 0 Å². The normalized spacial score (nSPS) is 22.4. The van der Waals surface area contributed by atoms with Gasteiger partial charge in [0.1, 0.15) is 5.82 Å². The van der Waals surface area contributed by atoms with Crippen molar-refractivity contribution in [1.82, 2.24) is 4.90 Å². The Hall–Kier alpha value is -0.930. The van der Waals surface area contributed by atoms with Crippen LogP contribution in [-0.4, -0.2) is 37.2 Å². The van der Waals surface area contributed by atoms with E-state index in [1.807, 2.05) is 12.1 Å². The van der Waals surface area contributed by atoms with Crippen molar-refractivity contribution in [2.75, 3.05) is 20.2 Å². The van der Waals surface area contributed by atoms with Crippen LogP contribution < -0.4 is 0 Å². The molecular formula is C16H24FNO. The maximum absolute atomic E-state index is 12.9. The van der Waals surface area contributed by atoms with Crippen LogP contribution in [0.4, 0.5) is 4.39 Å². The second kappa shape index (κ2) is 7.01. The summed E-state index contributed by atoms with van der Waals surface area (Å²) in [5.74, 6) is -0.160. The van der Waals surface area contributed by atoms with Gasteiger partial charge >= 0.3 is 0 Å². The summed E-state index contributed by atoms with van der Waals surface area (Å²) in [5.41, 5.74) is 1.20. The molecule has 2 unspecified atom stereocenters. The third kappa shape index (κ3) is 4.02. The second-order valence-electron chi connectivity index (χ2n) is 5.42. The Labute approximate surface area is 115 Å². The smallest absolute Gasteiger partial charge is 0.123 e. The van der Waals surface area contributed by atoms with Crippen LogP contribution in [-0.2, 0) is 11.2 Å². The molecule has 1 fully saturated rings. The molecule has 0 N–H and O–H groups in total. The molecule has 2 nitrogen and oxygen atoms in total. The zero-order valence-electron chi connectivity index (χ0n) is 11.9. The van der Waals surface area contributed by atoms with Crippen LogP contribution in [0.25, 0.3) is 0 Å². The lowest BCUT2D eigenvalue weighted by atomic mass is 9.97. The standard InChI is InChI=1S/C16H24FNO/c1-13(19-2)16-5-3-4-11-18(16)12-10-14-6-8-15(17)9-7-14/h6-9,13,16H,3-5,10-12H2,1-2H3. The SMILES string of the molecule is COC(C)C1CCCCN1CCc1ccc(F)cc1. The van der Waals surface area contributed by atoms with Gasteiger partial charge in [-0.15, -0.1) is 0 Å². The monoisotopic (exact) mass is 265 g/mol. The third-order valence-electron chi connectivity index (χ3n) is 4.18. The molecule has 0 amide bonds. The van der Waals surface area contributed by atoms with Crippen molar-refractivity contribution >= 4 is 0 Å². The summed E-state index contributed by atoms with van der Waals surface area (Å²) in [5, 5.41) is 0. The fourth-order valence-corrected chi connectivity index (χ4v) is 2.91. The molecule has 2 atom stereocenters. The van der Waals surface area contributed by atoms with Gasteiger partial charge in [0, 0.05) is 19.7 Å². The largest absolute Gasteiger partial charge is 0.380 e. The summed E-state index contributed by atoms with van der Waals surface area (Å²) in [7, 11) is 1.79. The van der Waals surface area contributed by atoms with Gasteiger partial charge in [-0.25, -0.2) is 4.39 Å². The zero-order chi connectivity index (χ0) is 13.7. The van der Waals surface area contributed by atoms with Gasteiger partial charge in [0.2, 0.25) is 0 Å². The third-order valence-corrected chi connectivity index (χ3v) is 4.18. The fourth-order valence-electron chi connectivity index (χ4n) is 2.91. The Kier molecular flexibility index (Phi) is 5.34. The number of hydrogen-bond acceptors (Lipinski definition) is 2. The Morgan fingerprint density at radius 3 is 2.74 bits per heavy atom. The van der Waals surface area contributed by atoms with Crippen LogP contribution >= 0.6 is 0 Å². The number of methoxy groups -OCH3 is 1. The molecule has 1 aliphatic heterocycles. The molecule has 2 rings (SSSR count). The average molecular weight is 265 g/mol. The van der Waals surface area contributed by atoms with E-state index in [0.717, 1.165) is 19.5 Å². The molecule has 19 heavy (non-hydrogen) atoms. The highest BCUT2D eigenvalue weighted by molar-refractivity contribution is 5.16.